The molecular formula is C19H15F5N2O3. The van der Waals surface area contributed by atoms with Gasteiger partial charge in [0.1, 0.15) is 11.7 Å². The minimum Gasteiger partial charge on any atom is -0.507 e. The molecule has 0 aliphatic carbocycles. The maximum absolute atomic E-state index is 13.8. The van der Waals surface area contributed by atoms with Crippen molar-refractivity contribution in [1.29, 1.82) is 0 Å². The Labute approximate surface area is 161 Å². The van der Waals surface area contributed by atoms with Crippen LogP contribution in [0.5, 0.6) is 5.75 Å². The van der Waals surface area contributed by atoms with E-state index in [-0.39, 0.29) is 12.1 Å². The van der Waals surface area contributed by atoms with Crippen molar-refractivity contribution in [3.63, 3.8) is 0 Å². The molecule has 0 bridgehead atoms. The SMILES string of the molecule is CN1C[C@H](c2ccc(C(F)(F)F)c(O)c2)[C@@H](C(=O)Nc2cccc(F)c2F)C1=O. The van der Waals surface area contributed by atoms with Crippen LogP contribution in [0.2, 0.25) is 0 Å². The molecule has 1 saturated heterocycles. The highest BCUT2D eigenvalue weighted by Gasteiger charge is 2.45. The summed E-state index contributed by atoms with van der Waals surface area (Å²) in [4.78, 5) is 26.3. The van der Waals surface area contributed by atoms with Gasteiger partial charge < -0.3 is 15.3 Å². The molecule has 5 nitrogen and oxygen atoms in total. The Bertz CT molecular complexity index is 977. The number of alkyl halides is 3. The lowest BCUT2D eigenvalue weighted by Gasteiger charge is -2.18. The number of halogens is 5. The maximum atomic E-state index is 13.8. The zero-order valence-corrected chi connectivity index (χ0v) is 14.9. The molecule has 0 unspecified atom stereocenters. The third-order valence-electron chi connectivity index (χ3n) is 4.76. The van der Waals surface area contributed by atoms with Crippen LogP contribution in [0.3, 0.4) is 0 Å². The molecule has 154 valence electrons. The van der Waals surface area contributed by atoms with Gasteiger partial charge in [-0.2, -0.15) is 13.2 Å². The van der Waals surface area contributed by atoms with Crippen LogP contribution in [0.1, 0.15) is 17.0 Å². The summed E-state index contributed by atoms with van der Waals surface area (Å²) in [6, 6.07) is 5.72. The van der Waals surface area contributed by atoms with Crippen molar-refractivity contribution < 1.29 is 36.6 Å². The Morgan fingerprint density at radius 1 is 1.21 bits per heavy atom. The first kappa shape index (κ1) is 20.6. The van der Waals surface area contributed by atoms with Gasteiger partial charge in [-0.25, -0.2) is 8.78 Å². The van der Waals surface area contributed by atoms with Gasteiger partial charge in [0.05, 0.1) is 11.3 Å². The molecule has 0 spiro atoms. The number of aromatic hydroxyl groups is 1. The largest absolute Gasteiger partial charge is 0.507 e. The van der Waals surface area contributed by atoms with Crippen LogP contribution >= 0.6 is 0 Å². The van der Waals surface area contributed by atoms with Gasteiger partial charge in [0, 0.05) is 19.5 Å². The second-order valence-electron chi connectivity index (χ2n) is 6.67. The molecule has 2 N–H and O–H groups in total. The van der Waals surface area contributed by atoms with Crippen LogP contribution in [0.4, 0.5) is 27.6 Å². The van der Waals surface area contributed by atoms with Crippen molar-refractivity contribution in [2.75, 3.05) is 18.9 Å². The molecule has 2 atom stereocenters. The average molecular weight is 414 g/mol. The summed E-state index contributed by atoms with van der Waals surface area (Å²) in [5.41, 5.74) is -1.58. The highest BCUT2D eigenvalue weighted by atomic mass is 19.4. The van der Waals surface area contributed by atoms with E-state index in [0.717, 1.165) is 24.3 Å². The fourth-order valence-corrected chi connectivity index (χ4v) is 3.32. The van der Waals surface area contributed by atoms with Gasteiger partial charge in [0.15, 0.2) is 11.6 Å². The van der Waals surface area contributed by atoms with E-state index in [1.54, 1.807) is 0 Å². The topological polar surface area (TPSA) is 69.6 Å². The van der Waals surface area contributed by atoms with Crippen molar-refractivity contribution in [2.24, 2.45) is 5.92 Å². The number of hydrogen-bond donors (Lipinski definition) is 2. The van der Waals surface area contributed by atoms with Crippen LogP contribution in [0.25, 0.3) is 0 Å². The second kappa shape index (κ2) is 7.34. The smallest absolute Gasteiger partial charge is 0.419 e. The number of benzene rings is 2. The zero-order chi connectivity index (χ0) is 21.5. The minimum absolute atomic E-state index is 0.00659. The Balaban J connectivity index is 1.92. The number of anilines is 1. The van der Waals surface area contributed by atoms with Gasteiger partial charge in [0.2, 0.25) is 11.8 Å². The summed E-state index contributed by atoms with van der Waals surface area (Å²) in [7, 11) is 1.40. The lowest BCUT2D eigenvalue weighted by molar-refractivity contribution is -0.139. The van der Waals surface area contributed by atoms with Gasteiger partial charge in [0.25, 0.3) is 0 Å². The molecule has 10 heteroatoms. The van der Waals surface area contributed by atoms with E-state index >= 15 is 0 Å². The molecule has 1 fully saturated rings. The predicted molar refractivity (Wildman–Crippen MR) is 92.0 cm³/mol. The Hall–Kier alpha value is -3.17. The number of nitrogens with zero attached hydrogens (tertiary/aromatic N) is 1. The molecule has 29 heavy (non-hydrogen) atoms. The fourth-order valence-electron chi connectivity index (χ4n) is 3.32. The van der Waals surface area contributed by atoms with Crippen LogP contribution in [0, 0.1) is 17.6 Å². The van der Waals surface area contributed by atoms with E-state index in [1.165, 1.54) is 18.0 Å². The summed E-state index contributed by atoms with van der Waals surface area (Å²) >= 11 is 0. The molecule has 0 aromatic heterocycles. The predicted octanol–water partition coefficient (Wildman–Crippen LogP) is 3.50. The van der Waals surface area contributed by atoms with Crippen LogP contribution in [-0.2, 0) is 15.8 Å². The number of carbonyl (C=O) groups is 2. The molecule has 0 saturated carbocycles. The molecule has 1 aliphatic heterocycles. The summed E-state index contributed by atoms with van der Waals surface area (Å²) < 4.78 is 65.7. The fraction of sp³-hybridized carbons (Fsp3) is 0.263. The lowest BCUT2D eigenvalue weighted by atomic mass is 9.87. The van der Waals surface area contributed by atoms with E-state index in [0.29, 0.717) is 6.07 Å². The van der Waals surface area contributed by atoms with Gasteiger partial charge in [-0.1, -0.05) is 12.1 Å². The van der Waals surface area contributed by atoms with E-state index < -0.39 is 58.5 Å². The highest BCUT2D eigenvalue weighted by molar-refractivity contribution is 6.08. The number of carbonyl (C=O) groups excluding carboxylic acids is 2. The van der Waals surface area contributed by atoms with Crippen molar-refractivity contribution in [2.45, 2.75) is 12.1 Å². The standard InChI is InChI=1S/C19H15F5N2O3/c1-26-8-10(9-5-6-11(14(27)7-9)19(22,23)24)15(18(26)29)17(28)25-13-4-2-3-12(20)16(13)21/h2-7,10,15,27H,8H2,1H3,(H,25,28)/t10-,15+/m1/s1. The summed E-state index contributed by atoms with van der Waals surface area (Å²) in [5, 5.41) is 11.9. The first-order chi connectivity index (χ1) is 13.5. The van der Waals surface area contributed by atoms with Gasteiger partial charge in [-0.05, 0) is 29.8 Å². The first-order valence-corrected chi connectivity index (χ1v) is 8.40. The number of likely N-dealkylation sites (N-methyl/N-ethyl adjacent to an activating group) is 1. The average Bonchev–Trinajstić information content (AvgIpc) is 2.93. The summed E-state index contributed by atoms with van der Waals surface area (Å²) in [5.74, 6) is -7.38. The van der Waals surface area contributed by atoms with Crippen molar-refractivity contribution in [1.82, 2.24) is 4.90 Å². The van der Waals surface area contributed by atoms with Gasteiger partial charge in [-0.3, -0.25) is 9.59 Å². The number of likely N-dealkylation sites (tertiary alicyclic amines) is 1. The highest BCUT2D eigenvalue weighted by Crippen LogP contribution is 2.40. The Morgan fingerprint density at radius 3 is 2.52 bits per heavy atom. The maximum Gasteiger partial charge on any atom is 0.419 e. The summed E-state index contributed by atoms with van der Waals surface area (Å²) in [6.07, 6.45) is -4.77. The van der Waals surface area contributed by atoms with E-state index in [4.69, 9.17) is 0 Å². The monoisotopic (exact) mass is 414 g/mol. The molecule has 1 heterocycles. The van der Waals surface area contributed by atoms with Crippen LogP contribution in [0.15, 0.2) is 36.4 Å². The third-order valence-corrected chi connectivity index (χ3v) is 4.76. The number of phenols is 1. The summed E-state index contributed by atoms with van der Waals surface area (Å²) in [6.45, 7) is -0.00659. The number of nitrogens with one attached hydrogen (secondary N) is 1. The number of amides is 2. The normalized spacial score (nSPS) is 19.5. The first-order valence-electron chi connectivity index (χ1n) is 8.40. The molecule has 2 amide bonds. The Morgan fingerprint density at radius 2 is 1.90 bits per heavy atom. The Kier molecular flexibility index (Phi) is 5.20. The lowest BCUT2D eigenvalue weighted by Crippen LogP contribution is -2.33. The number of hydrogen-bond acceptors (Lipinski definition) is 3. The zero-order valence-electron chi connectivity index (χ0n) is 14.9. The van der Waals surface area contributed by atoms with E-state index in [2.05, 4.69) is 5.32 Å². The van der Waals surface area contributed by atoms with Gasteiger partial charge in [-0.15, -0.1) is 0 Å². The van der Waals surface area contributed by atoms with Crippen molar-refractivity contribution in [3.8, 4) is 5.75 Å². The number of phenolic OH excluding ortho intramolecular Hbond substituents is 1. The molecule has 2 aromatic carbocycles. The number of rotatable bonds is 3. The quantitative estimate of drug-likeness (QED) is 0.597. The van der Waals surface area contributed by atoms with Crippen molar-refractivity contribution in [3.05, 3.63) is 59.2 Å². The molecule has 3 rings (SSSR count). The third kappa shape index (κ3) is 3.87. The van der Waals surface area contributed by atoms with Crippen molar-refractivity contribution >= 4 is 17.5 Å². The van der Waals surface area contributed by atoms with E-state index in [9.17, 15) is 36.6 Å². The van der Waals surface area contributed by atoms with Gasteiger partial charge >= 0.3 is 6.18 Å². The minimum atomic E-state index is -4.77. The van der Waals surface area contributed by atoms with Crippen LogP contribution in [-0.4, -0.2) is 35.4 Å². The molecule has 1 aliphatic rings. The second-order valence-corrected chi connectivity index (χ2v) is 6.67. The molecule has 0 radical (unpaired) electrons. The molecule has 2 aromatic rings. The van der Waals surface area contributed by atoms with E-state index in [1.807, 2.05) is 0 Å². The molecular weight excluding hydrogens is 399 g/mol. The van der Waals surface area contributed by atoms with Crippen LogP contribution < -0.4 is 5.32 Å².